The number of halogens is 1. The maximum Gasteiger partial charge on any atom is 0.255 e. The first-order valence-electron chi connectivity index (χ1n) is 7.61. The van der Waals surface area contributed by atoms with Crippen molar-refractivity contribution in [3.8, 4) is 0 Å². The lowest BCUT2D eigenvalue weighted by molar-refractivity contribution is 0.0420. The maximum absolute atomic E-state index is 12.5. The predicted octanol–water partition coefficient (Wildman–Crippen LogP) is 2.05. The molecule has 1 atom stereocenters. The second-order valence-corrected chi connectivity index (χ2v) is 6.30. The molecule has 0 saturated carbocycles. The van der Waals surface area contributed by atoms with E-state index in [-0.39, 0.29) is 11.8 Å². The van der Waals surface area contributed by atoms with Gasteiger partial charge in [0.25, 0.3) is 5.91 Å². The lowest BCUT2D eigenvalue weighted by Gasteiger charge is -2.34. The van der Waals surface area contributed by atoms with Crippen LogP contribution >= 0.6 is 11.6 Å². The number of aryl methyl sites for hydroxylation is 1. The molecule has 1 amide bonds. The molecule has 2 aromatic rings. The van der Waals surface area contributed by atoms with Gasteiger partial charge >= 0.3 is 0 Å². The third-order valence-electron chi connectivity index (χ3n) is 4.35. The summed E-state index contributed by atoms with van der Waals surface area (Å²) in [4.78, 5) is 22.4. The highest BCUT2D eigenvalue weighted by Crippen LogP contribution is 2.30. The Balaban J connectivity index is 1.62. The summed E-state index contributed by atoms with van der Waals surface area (Å²) in [6, 6.07) is 1.63. The van der Waals surface area contributed by atoms with Crippen LogP contribution in [-0.4, -0.2) is 43.5 Å². The number of hydrogen-bond donors (Lipinski definition) is 1. The Labute approximate surface area is 139 Å². The summed E-state index contributed by atoms with van der Waals surface area (Å²) in [5.74, 6) is 0.719. The Morgan fingerprint density at radius 2 is 2.13 bits per heavy atom. The second kappa shape index (κ2) is 6.68. The van der Waals surface area contributed by atoms with Crippen LogP contribution in [0.3, 0.4) is 0 Å². The van der Waals surface area contributed by atoms with Crippen molar-refractivity contribution in [3.63, 3.8) is 0 Å². The summed E-state index contributed by atoms with van der Waals surface area (Å²) in [5.41, 5.74) is 0.501. The third kappa shape index (κ3) is 3.38. The largest absolute Gasteiger partial charge is 0.385 e. The van der Waals surface area contributed by atoms with Gasteiger partial charge in [-0.2, -0.15) is 0 Å². The first kappa shape index (κ1) is 16.0. The van der Waals surface area contributed by atoms with Crippen LogP contribution in [0.15, 0.2) is 30.9 Å². The number of nitrogens with zero attached hydrogens (tertiary/aromatic N) is 4. The summed E-state index contributed by atoms with van der Waals surface area (Å²) < 4.78 is 1.83. The van der Waals surface area contributed by atoms with E-state index in [0.29, 0.717) is 29.5 Å². The first-order valence-corrected chi connectivity index (χ1v) is 7.99. The van der Waals surface area contributed by atoms with Gasteiger partial charge in [0.1, 0.15) is 11.9 Å². The van der Waals surface area contributed by atoms with E-state index in [1.54, 1.807) is 17.2 Å². The Bertz CT molecular complexity index is 695. The van der Waals surface area contributed by atoms with Gasteiger partial charge in [-0.25, -0.2) is 4.98 Å². The Morgan fingerprint density at radius 1 is 1.39 bits per heavy atom. The summed E-state index contributed by atoms with van der Waals surface area (Å²) >= 11 is 5.89. The van der Waals surface area contributed by atoms with Crippen molar-refractivity contribution in [1.82, 2.24) is 19.4 Å². The van der Waals surface area contributed by atoms with Gasteiger partial charge in [-0.3, -0.25) is 9.78 Å². The minimum Gasteiger partial charge on any atom is -0.385 e. The lowest BCUT2D eigenvalue weighted by atomic mass is 9.90. The smallest absolute Gasteiger partial charge is 0.255 e. The Morgan fingerprint density at radius 3 is 2.74 bits per heavy atom. The normalized spacial score (nSPS) is 17.3. The summed E-state index contributed by atoms with van der Waals surface area (Å²) in [7, 11) is 1.87. The third-order valence-corrected chi connectivity index (χ3v) is 4.55. The van der Waals surface area contributed by atoms with Gasteiger partial charge in [0.15, 0.2) is 0 Å². The molecule has 0 bridgehead atoms. The molecule has 0 radical (unpaired) electrons. The molecule has 3 rings (SSSR count). The van der Waals surface area contributed by atoms with Crippen molar-refractivity contribution in [1.29, 1.82) is 0 Å². The average molecular weight is 335 g/mol. The molecule has 0 aromatic carbocycles. The number of imidazole rings is 1. The topological polar surface area (TPSA) is 71.2 Å². The molecule has 122 valence electrons. The number of likely N-dealkylation sites (tertiary alicyclic amines) is 1. The number of rotatable bonds is 3. The van der Waals surface area contributed by atoms with Crippen LogP contribution in [-0.2, 0) is 7.05 Å². The standard InChI is InChI=1S/C16H19ClN4O2/c1-20-7-4-19-15(20)14(22)11-2-5-21(6-3-11)16(23)12-8-13(17)10-18-9-12/h4,7-11,14,22H,2-3,5-6H2,1H3/t14-/m1/s1. The van der Waals surface area contributed by atoms with Crippen molar-refractivity contribution < 1.29 is 9.90 Å². The number of aliphatic hydroxyl groups excluding tert-OH is 1. The fourth-order valence-electron chi connectivity index (χ4n) is 3.00. The van der Waals surface area contributed by atoms with Crippen LogP contribution in [0.2, 0.25) is 5.02 Å². The van der Waals surface area contributed by atoms with Crippen LogP contribution in [0.5, 0.6) is 0 Å². The van der Waals surface area contributed by atoms with Crippen molar-refractivity contribution in [3.05, 3.63) is 47.3 Å². The molecule has 1 aliphatic heterocycles. The van der Waals surface area contributed by atoms with Gasteiger partial charge in [-0.15, -0.1) is 0 Å². The molecule has 1 N–H and O–H groups in total. The number of aromatic nitrogens is 3. The quantitative estimate of drug-likeness (QED) is 0.932. The number of pyridine rings is 1. The maximum atomic E-state index is 12.5. The molecular weight excluding hydrogens is 316 g/mol. The molecule has 23 heavy (non-hydrogen) atoms. The van der Waals surface area contributed by atoms with Gasteiger partial charge in [0, 0.05) is 44.9 Å². The number of carbonyl (C=O) groups excluding carboxylic acids is 1. The predicted molar refractivity (Wildman–Crippen MR) is 86.0 cm³/mol. The van der Waals surface area contributed by atoms with Crippen LogP contribution in [0.1, 0.15) is 35.1 Å². The zero-order chi connectivity index (χ0) is 16.4. The van der Waals surface area contributed by atoms with E-state index < -0.39 is 6.10 Å². The van der Waals surface area contributed by atoms with Crippen LogP contribution in [0.25, 0.3) is 0 Å². The lowest BCUT2D eigenvalue weighted by Crippen LogP contribution is -2.40. The average Bonchev–Trinajstić information content (AvgIpc) is 3.00. The van der Waals surface area contributed by atoms with Gasteiger partial charge in [0.2, 0.25) is 0 Å². The molecule has 3 heterocycles. The van der Waals surface area contributed by atoms with E-state index in [4.69, 9.17) is 11.6 Å². The Kier molecular flexibility index (Phi) is 4.63. The summed E-state index contributed by atoms with van der Waals surface area (Å²) in [6.45, 7) is 1.22. The summed E-state index contributed by atoms with van der Waals surface area (Å²) in [5, 5.41) is 10.9. The summed E-state index contributed by atoms with van der Waals surface area (Å²) in [6.07, 6.45) is 7.44. The molecule has 1 fully saturated rings. The SMILES string of the molecule is Cn1ccnc1[C@H](O)C1CCN(C(=O)c2cncc(Cl)c2)CC1. The zero-order valence-corrected chi connectivity index (χ0v) is 13.6. The molecule has 7 heteroatoms. The molecule has 2 aromatic heterocycles. The highest BCUT2D eigenvalue weighted by atomic mass is 35.5. The van der Waals surface area contributed by atoms with E-state index in [9.17, 15) is 9.90 Å². The van der Waals surface area contributed by atoms with Crippen molar-refractivity contribution in [2.24, 2.45) is 13.0 Å². The molecular formula is C16H19ClN4O2. The van der Waals surface area contributed by atoms with Crippen molar-refractivity contribution >= 4 is 17.5 Å². The number of piperidine rings is 1. The van der Waals surface area contributed by atoms with Crippen LogP contribution in [0.4, 0.5) is 0 Å². The fraction of sp³-hybridized carbons (Fsp3) is 0.438. The number of carbonyl (C=O) groups is 1. The van der Waals surface area contributed by atoms with Gasteiger partial charge in [-0.1, -0.05) is 11.6 Å². The van der Waals surface area contributed by atoms with E-state index in [1.165, 1.54) is 12.4 Å². The second-order valence-electron chi connectivity index (χ2n) is 5.86. The van der Waals surface area contributed by atoms with E-state index in [0.717, 1.165) is 12.8 Å². The monoisotopic (exact) mass is 334 g/mol. The van der Waals surface area contributed by atoms with Crippen LogP contribution in [0, 0.1) is 5.92 Å². The number of aliphatic hydroxyl groups is 1. The van der Waals surface area contributed by atoms with Gasteiger partial charge in [0.05, 0.1) is 10.6 Å². The highest BCUT2D eigenvalue weighted by molar-refractivity contribution is 6.30. The molecule has 6 nitrogen and oxygen atoms in total. The minimum absolute atomic E-state index is 0.0649. The number of amides is 1. The van der Waals surface area contributed by atoms with E-state index >= 15 is 0 Å². The van der Waals surface area contributed by atoms with Gasteiger partial charge in [-0.05, 0) is 24.8 Å². The molecule has 0 unspecified atom stereocenters. The van der Waals surface area contributed by atoms with Crippen LogP contribution < -0.4 is 0 Å². The fourth-order valence-corrected chi connectivity index (χ4v) is 3.18. The first-order chi connectivity index (χ1) is 11.1. The molecule has 0 spiro atoms. The Hall–Kier alpha value is -1.92. The van der Waals surface area contributed by atoms with Gasteiger partial charge < -0.3 is 14.6 Å². The van der Waals surface area contributed by atoms with Crippen molar-refractivity contribution in [2.75, 3.05) is 13.1 Å². The van der Waals surface area contributed by atoms with Crippen molar-refractivity contribution in [2.45, 2.75) is 18.9 Å². The molecule has 0 aliphatic carbocycles. The van der Waals surface area contributed by atoms with E-state index in [2.05, 4.69) is 9.97 Å². The molecule has 1 saturated heterocycles. The van der Waals surface area contributed by atoms with E-state index in [1.807, 2.05) is 17.8 Å². The number of hydrogen-bond acceptors (Lipinski definition) is 4. The zero-order valence-electron chi connectivity index (χ0n) is 12.9. The minimum atomic E-state index is -0.597. The molecule has 1 aliphatic rings. The highest BCUT2D eigenvalue weighted by Gasteiger charge is 2.30.